The Morgan fingerprint density at radius 3 is 2.68 bits per heavy atom. The lowest BCUT2D eigenvalue weighted by atomic mass is 10.1. The van der Waals surface area contributed by atoms with E-state index in [0.717, 1.165) is 12.8 Å². The van der Waals surface area contributed by atoms with Crippen molar-refractivity contribution in [1.82, 2.24) is 4.90 Å². The molecule has 0 spiro atoms. The van der Waals surface area contributed by atoms with Gasteiger partial charge in [-0.2, -0.15) is 0 Å². The number of amides is 1. The lowest BCUT2D eigenvalue weighted by molar-refractivity contribution is -0.143. The van der Waals surface area contributed by atoms with Gasteiger partial charge in [0.15, 0.2) is 11.5 Å². The summed E-state index contributed by atoms with van der Waals surface area (Å²) in [4.78, 5) is 26.6. The van der Waals surface area contributed by atoms with Crippen LogP contribution in [0.3, 0.4) is 0 Å². The standard InChI is InChI=1S/C27H28BrClFNO5S2/c1-3-34-22-14-17(13-19(28)25(22)36-16-18-20(29)9-8-10-21(18)30)15-23-26(33)31(27(37)38-23)12-7-5-6-11-24(32)35-4-2/h8-10,13-15H,3-7,11-12,16H2,1-2H3/b23-15+. The van der Waals surface area contributed by atoms with Crippen molar-refractivity contribution in [2.24, 2.45) is 0 Å². The van der Waals surface area contributed by atoms with Gasteiger partial charge in [0.05, 0.1) is 27.6 Å². The Kier molecular flexibility index (Phi) is 11.9. The minimum absolute atomic E-state index is 0.0814. The molecule has 0 unspecified atom stereocenters. The molecule has 1 amide bonds. The fourth-order valence-electron chi connectivity index (χ4n) is 3.68. The van der Waals surface area contributed by atoms with Crippen molar-refractivity contribution in [1.29, 1.82) is 0 Å². The molecule has 3 rings (SSSR count). The zero-order chi connectivity index (χ0) is 27.7. The maximum Gasteiger partial charge on any atom is 0.305 e. The average Bonchev–Trinajstić information content (AvgIpc) is 3.12. The van der Waals surface area contributed by atoms with E-state index in [0.29, 0.717) is 63.4 Å². The number of benzene rings is 2. The summed E-state index contributed by atoms with van der Waals surface area (Å²) in [7, 11) is 0. The summed E-state index contributed by atoms with van der Waals surface area (Å²) in [5.74, 6) is 0.0284. The number of thioether (sulfide) groups is 1. The van der Waals surface area contributed by atoms with Gasteiger partial charge in [0.2, 0.25) is 0 Å². The number of ether oxygens (including phenoxy) is 3. The highest BCUT2D eigenvalue weighted by Crippen LogP contribution is 2.40. The highest BCUT2D eigenvalue weighted by molar-refractivity contribution is 9.10. The number of rotatable bonds is 13. The molecule has 2 aromatic rings. The number of unbranched alkanes of at least 4 members (excludes halogenated alkanes) is 2. The average molecular weight is 645 g/mol. The third kappa shape index (κ3) is 8.18. The molecule has 0 aromatic heterocycles. The minimum atomic E-state index is -0.454. The Morgan fingerprint density at radius 2 is 1.97 bits per heavy atom. The molecule has 1 aliphatic rings. The van der Waals surface area contributed by atoms with Gasteiger partial charge in [-0.3, -0.25) is 14.5 Å². The van der Waals surface area contributed by atoms with E-state index in [9.17, 15) is 14.0 Å². The van der Waals surface area contributed by atoms with Crippen LogP contribution in [0.5, 0.6) is 11.5 Å². The van der Waals surface area contributed by atoms with Crippen LogP contribution in [-0.4, -0.2) is 40.9 Å². The monoisotopic (exact) mass is 643 g/mol. The summed E-state index contributed by atoms with van der Waals surface area (Å²) in [6, 6.07) is 8.01. The Balaban J connectivity index is 1.68. The molecular weight excluding hydrogens is 617 g/mol. The fraction of sp³-hybridized carbons (Fsp3) is 0.370. The van der Waals surface area contributed by atoms with Crippen molar-refractivity contribution in [2.75, 3.05) is 19.8 Å². The van der Waals surface area contributed by atoms with Crippen LogP contribution in [-0.2, 0) is 20.9 Å². The number of carbonyl (C=O) groups is 2. The van der Waals surface area contributed by atoms with Gasteiger partial charge in [0.25, 0.3) is 5.91 Å². The highest BCUT2D eigenvalue weighted by atomic mass is 79.9. The van der Waals surface area contributed by atoms with Crippen molar-refractivity contribution in [3.8, 4) is 11.5 Å². The van der Waals surface area contributed by atoms with Crippen LogP contribution >= 0.6 is 51.5 Å². The van der Waals surface area contributed by atoms with Gasteiger partial charge < -0.3 is 14.2 Å². The van der Waals surface area contributed by atoms with Gasteiger partial charge in [-0.05, 0) is 78.5 Å². The molecule has 11 heteroatoms. The van der Waals surface area contributed by atoms with Crippen LogP contribution in [0.2, 0.25) is 5.02 Å². The van der Waals surface area contributed by atoms with E-state index in [1.165, 1.54) is 23.9 Å². The quantitative estimate of drug-likeness (QED) is 0.0966. The smallest absolute Gasteiger partial charge is 0.305 e. The first-order valence-electron chi connectivity index (χ1n) is 12.2. The largest absolute Gasteiger partial charge is 0.490 e. The van der Waals surface area contributed by atoms with E-state index < -0.39 is 5.82 Å². The van der Waals surface area contributed by atoms with Crippen LogP contribution in [0, 0.1) is 5.82 Å². The second-order valence-electron chi connectivity index (χ2n) is 8.20. The first-order valence-corrected chi connectivity index (χ1v) is 14.6. The van der Waals surface area contributed by atoms with E-state index >= 15 is 0 Å². The lowest BCUT2D eigenvalue weighted by Crippen LogP contribution is -2.29. The normalized spacial score (nSPS) is 14.3. The van der Waals surface area contributed by atoms with Gasteiger partial charge >= 0.3 is 5.97 Å². The first-order chi connectivity index (χ1) is 18.2. The molecule has 0 N–H and O–H groups in total. The van der Waals surface area contributed by atoms with Gasteiger partial charge in [0.1, 0.15) is 16.7 Å². The Bertz CT molecular complexity index is 1210. The predicted octanol–water partition coefficient (Wildman–Crippen LogP) is 7.54. The summed E-state index contributed by atoms with van der Waals surface area (Å²) >= 11 is 16.3. The molecule has 1 heterocycles. The van der Waals surface area contributed by atoms with Crippen molar-refractivity contribution in [3.05, 3.63) is 61.7 Å². The van der Waals surface area contributed by atoms with Gasteiger partial charge in [-0.1, -0.05) is 48.1 Å². The van der Waals surface area contributed by atoms with Crippen LogP contribution in [0.1, 0.15) is 50.7 Å². The zero-order valence-electron chi connectivity index (χ0n) is 21.1. The second kappa shape index (κ2) is 14.9. The molecule has 204 valence electrons. The molecule has 0 bridgehead atoms. The van der Waals surface area contributed by atoms with Crippen molar-refractivity contribution in [3.63, 3.8) is 0 Å². The molecule has 0 aliphatic carbocycles. The first kappa shape index (κ1) is 30.4. The molecule has 1 aliphatic heterocycles. The minimum Gasteiger partial charge on any atom is -0.490 e. The summed E-state index contributed by atoms with van der Waals surface area (Å²) in [5.41, 5.74) is 0.962. The number of nitrogens with zero attached hydrogens (tertiary/aromatic N) is 1. The molecule has 6 nitrogen and oxygen atoms in total. The van der Waals surface area contributed by atoms with Crippen LogP contribution < -0.4 is 9.47 Å². The third-order valence-corrected chi connectivity index (χ3v) is 7.81. The molecule has 38 heavy (non-hydrogen) atoms. The number of hydrogen-bond donors (Lipinski definition) is 0. The summed E-state index contributed by atoms with van der Waals surface area (Å²) in [5, 5.41) is 0.275. The maximum absolute atomic E-state index is 14.2. The highest BCUT2D eigenvalue weighted by Gasteiger charge is 2.31. The van der Waals surface area contributed by atoms with Gasteiger partial charge in [-0.25, -0.2) is 4.39 Å². The fourth-order valence-corrected chi connectivity index (χ4v) is 5.78. The van der Waals surface area contributed by atoms with E-state index in [4.69, 9.17) is 38.0 Å². The molecule has 0 saturated carbocycles. The maximum atomic E-state index is 14.2. The number of esters is 1. The lowest BCUT2D eigenvalue weighted by Gasteiger charge is -2.16. The van der Waals surface area contributed by atoms with Crippen molar-refractivity contribution in [2.45, 2.75) is 46.1 Å². The Hall–Kier alpha value is -2.14. The Morgan fingerprint density at radius 1 is 1.18 bits per heavy atom. The SMILES string of the molecule is CCOC(=O)CCCCCN1C(=O)/C(=C\c2cc(Br)c(OCc3c(F)cccc3Cl)c(OCC)c2)SC1=S. The van der Waals surface area contributed by atoms with E-state index in [2.05, 4.69) is 15.9 Å². The van der Waals surface area contributed by atoms with E-state index in [1.54, 1.807) is 36.1 Å². The number of carbonyl (C=O) groups excluding carboxylic acids is 2. The molecule has 1 fully saturated rings. The van der Waals surface area contributed by atoms with Crippen molar-refractivity contribution >= 4 is 73.8 Å². The predicted molar refractivity (Wildman–Crippen MR) is 156 cm³/mol. The number of thiocarbonyl (C=S) groups is 1. The van der Waals surface area contributed by atoms with Gasteiger partial charge in [0, 0.05) is 18.5 Å². The summed E-state index contributed by atoms with van der Waals surface area (Å²) < 4.78 is 31.9. The molecule has 1 saturated heterocycles. The van der Waals surface area contributed by atoms with Gasteiger partial charge in [-0.15, -0.1) is 0 Å². The molecular formula is C27H28BrClFNO5S2. The number of hydrogen-bond acceptors (Lipinski definition) is 7. The van der Waals surface area contributed by atoms with Crippen LogP contribution in [0.15, 0.2) is 39.7 Å². The summed E-state index contributed by atoms with van der Waals surface area (Å²) in [6.45, 7) is 4.79. The third-order valence-electron chi connectivity index (χ3n) is 5.49. The van der Waals surface area contributed by atoms with Crippen LogP contribution in [0.25, 0.3) is 6.08 Å². The molecule has 2 aromatic carbocycles. The van der Waals surface area contributed by atoms with E-state index in [-0.39, 0.29) is 29.1 Å². The van der Waals surface area contributed by atoms with Crippen molar-refractivity contribution < 1.29 is 28.2 Å². The second-order valence-corrected chi connectivity index (χ2v) is 11.1. The molecule has 0 radical (unpaired) electrons. The zero-order valence-corrected chi connectivity index (χ0v) is 25.0. The number of halogens is 3. The topological polar surface area (TPSA) is 65.1 Å². The van der Waals surface area contributed by atoms with E-state index in [1.807, 2.05) is 6.92 Å². The molecule has 0 atom stereocenters. The Labute approximate surface area is 245 Å². The summed E-state index contributed by atoms with van der Waals surface area (Å²) in [6.07, 6.45) is 4.35. The van der Waals surface area contributed by atoms with Crippen LogP contribution in [0.4, 0.5) is 4.39 Å².